The number of nitrogens with one attached hydrogen (secondary N) is 1. The number of nitriles is 1. The average molecular weight is 398 g/mol. The molecule has 1 N–H and O–H groups in total. The Hall–Kier alpha value is -3.08. The first-order chi connectivity index (χ1) is 13.0. The number of halogens is 1. The quantitative estimate of drug-likeness (QED) is 0.310. The normalized spacial score (nSPS) is 10.3. The van der Waals surface area contributed by atoms with E-state index in [1.165, 1.54) is 11.8 Å². The van der Waals surface area contributed by atoms with Gasteiger partial charge >= 0.3 is 5.97 Å². The zero-order chi connectivity index (χ0) is 19.4. The molecule has 3 rings (SSSR count). The summed E-state index contributed by atoms with van der Waals surface area (Å²) < 4.78 is 5.38. The minimum atomic E-state index is -0.609. The standard InChI is InChI=1S/C19H12ClN3O3S/c1-27-19-22-16(14(10-21)17(24)23-19)11-5-4-6-12(9-11)26-18(25)13-7-2-3-8-15(13)20/h2-9H,1H3,(H,22,23,24). The molecular formula is C19H12ClN3O3S. The molecule has 0 aliphatic carbocycles. The monoisotopic (exact) mass is 397 g/mol. The molecule has 2 aromatic carbocycles. The van der Waals surface area contributed by atoms with Gasteiger partial charge in [-0.3, -0.25) is 4.79 Å². The molecule has 0 amide bonds. The first-order valence-electron chi connectivity index (χ1n) is 7.69. The van der Waals surface area contributed by atoms with Crippen LogP contribution in [0.2, 0.25) is 5.02 Å². The largest absolute Gasteiger partial charge is 0.423 e. The van der Waals surface area contributed by atoms with Crippen molar-refractivity contribution in [2.75, 3.05) is 6.26 Å². The van der Waals surface area contributed by atoms with Gasteiger partial charge in [0.15, 0.2) is 5.16 Å². The fourth-order valence-electron chi connectivity index (χ4n) is 2.36. The Labute approximate surface area is 163 Å². The Kier molecular flexibility index (Phi) is 5.60. The molecule has 1 aromatic heterocycles. The maximum Gasteiger partial charge on any atom is 0.345 e. The number of esters is 1. The molecule has 0 saturated carbocycles. The molecule has 6 nitrogen and oxygen atoms in total. The second kappa shape index (κ2) is 8.08. The number of carbonyl (C=O) groups excluding carboxylic acids is 1. The topological polar surface area (TPSA) is 95.8 Å². The lowest BCUT2D eigenvalue weighted by Gasteiger charge is -2.09. The van der Waals surface area contributed by atoms with E-state index in [0.29, 0.717) is 10.7 Å². The van der Waals surface area contributed by atoms with Crippen molar-refractivity contribution < 1.29 is 9.53 Å². The summed E-state index contributed by atoms with van der Waals surface area (Å²) in [6, 6.07) is 14.9. The van der Waals surface area contributed by atoms with Crippen molar-refractivity contribution in [3.05, 3.63) is 75.0 Å². The molecule has 0 saturated heterocycles. The molecule has 0 aliphatic rings. The highest BCUT2D eigenvalue weighted by molar-refractivity contribution is 7.98. The van der Waals surface area contributed by atoms with E-state index < -0.39 is 11.5 Å². The fourth-order valence-corrected chi connectivity index (χ4v) is 2.95. The molecule has 0 atom stereocenters. The van der Waals surface area contributed by atoms with E-state index in [1.54, 1.807) is 54.8 Å². The SMILES string of the molecule is CSc1nc(-c2cccc(OC(=O)c3ccccc3Cl)c2)c(C#N)c(=O)[nH]1. The summed E-state index contributed by atoms with van der Waals surface area (Å²) in [5.74, 6) is -0.365. The van der Waals surface area contributed by atoms with Crippen LogP contribution in [0.25, 0.3) is 11.3 Å². The molecule has 1 heterocycles. The molecular weight excluding hydrogens is 386 g/mol. The predicted molar refractivity (Wildman–Crippen MR) is 103 cm³/mol. The Morgan fingerprint density at radius 1 is 1.26 bits per heavy atom. The highest BCUT2D eigenvalue weighted by Crippen LogP contribution is 2.26. The van der Waals surface area contributed by atoms with Crippen LogP contribution in [-0.2, 0) is 0 Å². The molecule has 0 aliphatic heterocycles. The van der Waals surface area contributed by atoms with Gasteiger partial charge in [-0.25, -0.2) is 9.78 Å². The van der Waals surface area contributed by atoms with Crippen molar-refractivity contribution >= 4 is 29.3 Å². The summed E-state index contributed by atoms with van der Waals surface area (Å²) in [5.41, 5.74) is 0.313. The Morgan fingerprint density at radius 3 is 2.74 bits per heavy atom. The zero-order valence-electron chi connectivity index (χ0n) is 14.0. The van der Waals surface area contributed by atoms with E-state index in [-0.39, 0.29) is 27.6 Å². The summed E-state index contributed by atoms with van der Waals surface area (Å²) in [6.45, 7) is 0. The highest BCUT2D eigenvalue weighted by Gasteiger charge is 2.16. The lowest BCUT2D eigenvalue weighted by atomic mass is 10.1. The van der Waals surface area contributed by atoms with Crippen LogP contribution in [0, 0.1) is 11.3 Å². The van der Waals surface area contributed by atoms with E-state index in [0.717, 1.165) is 0 Å². The second-order valence-electron chi connectivity index (χ2n) is 5.31. The Bertz CT molecular complexity index is 1120. The second-order valence-corrected chi connectivity index (χ2v) is 6.51. The van der Waals surface area contributed by atoms with Gasteiger partial charge in [0, 0.05) is 5.56 Å². The molecule has 0 radical (unpaired) electrons. The smallest absolute Gasteiger partial charge is 0.345 e. The van der Waals surface area contributed by atoms with Crippen LogP contribution < -0.4 is 10.3 Å². The van der Waals surface area contributed by atoms with Crippen LogP contribution in [-0.4, -0.2) is 22.2 Å². The van der Waals surface area contributed by atoms with Crippen LogP contribution in [0.4, 0.5) is 0 Å². The predicted octanol–water partition coefficient (Wildman–Crippen LogP) is 3.90. The number of rotatable bonds is 4. The van der Waals surface area contributed by atoms with E-state index in [2.05, 4.69) is 9.97 Å². The molecule has 8 heteroatoms. The average Bonchev–Trinajstić information content (AvgIpc) is 2.67. The lowest BCUT2D eigenvalue weighted by Crippen LogP contribution is -2.14. The Morgan fingerprint density at radius 2 is 2.04 bits per heavy atom. The molecule has 134 valence electrons. The van der Waals surface area contributed by atoms with E-state index >= 15 is 0 Å². The minimum absolute atomic E-state index is 0.109. The summed E-state index contributed by atoms with van der Waals surface area (Å²) in [7, 11) is 0. The van der Waals surface area contributed by atoms with E-state index in [9.17, 15) is 14.9 Å². The number of thioether (sulfide) groups is 1. The molecule has 0 spiro atoms. The molecule has 0 fully saturated rings. The number of nitrogens with zero attached hydrogens (tertiary/aromatic N) is 2. The molecule has 27 heavy (non-hydrogen) atoms. The number of aromatic amines is 1. The summed E-state index contributed by atoms with van der Waals surface area (Å²) in [5, 5.41) is 9.97. The number of H-pyrrole nitrogens is 1. The van der Waals surface area contributed by atoms with E-state index in [4.69, 9.17) is 16.3 Å². The van der Waals surface area contributed by atoms with Gasteiger partial charge in [0.2, 0.25) is 0 Å². The fraction of sp³-hybridized carbons (Fsp3) is 0.0526. The number of hydrogen-bond donors (Lipinski definition) is 1. The van der Waals surface area contributed by atoms with E-state index in [1.807, 2.05) is 6.07 Å². The summed E-state index contributed by atoms with van der Waals surface area (Å²) in [6.07, 6.45) is 1.76. The highest BCUT2D eigenvalue weighted by atomic mass is 35.5. The van der Waals surface area contributed by atoms with Crippen LogP contribution in [0.15, 0.2) is 58.5 Å². The molecule has 0 unspecified atom stereocenters. The molecule has 0 bridgehead atoms. The van der Waals surface area contributed by atoms with Crippen molar-refractivity contribution in [1.82, 2.24) is 9.97 Å². The lowest BCUT2D eigenvalue weighted by molar-refractivity contribution is 0.0735. The van der Waals surface area contributed by atoms with Gasteiger partial charge in [-0.05, 0) is 30.5 Å². The first-order valence-corrected chi connectivity index (χ1v) is 9.29. The van der Waals surface area contributed by atoms with Crippen molar-refractivity contribution in [2.24, 2.45) is 0 Å². The third kappa shape index (κ3) is 4.03. The summed E-state index contributed by atoms with van der Waals surface area (Å²) >= 11 is 7.26. The van der Waals surface area contributed by atoms with Crippen molar-refractivity contribution in [1.29, 1.82) is 5.26 Å². The van der Waals surface area contributed by atoms with Gasteiger partial charge in [0.25, 0.3) is 5.56 Å². The van der Waals surface area contributed by atoms with Gasteiger partial charge in [0.05, 0.1) is 16.3 Å². The number of carbonyl (C=O) groups is 1. The van der Waals surface area contributed by atoms with Crippen molar-refractivity contribution in [3.8, 4) is 23.1 Å². The van der Waals surface area contributed by atoms with Crippen LogP contribution in [0.3, 0.4) is 0 Å². The first kappa shape index (κ1) is 18.7. The molecule has 3 aromatic rings. The van der Waals surface area contributed by atoms with Gasteiger partial charge < -0.3 is 9.72 Å². The van der Waals surface area contributed by atoms with Gasteiger partial charge in [0.1, 0.15) is 17.4 Å². The van der Waals surface area contributed by atoms with Crippen LogP contribution in [0.1, 0.15) is 15.9 Å². The van der Waals surface area contributed by atoms with Crippen LogP contribution >= 0.6 is 23.4 Å². The van der Waals surface area contributed by atoms with Gasteiger partial charge in [-0.15, -0.1) is 0 Å². The summed E-state index contributed by atoms with van der Waals surface area (Å²) in [4.78, 5) is 31.2. The third-order valence-corrected chi connectivity index (χ3v) is 4.52. The van der Waals surface area contributed by atoms with Crippen molar-refractivity contribution in [2.45, 2.75) is 5.16 Å². The number of hydrogen-bond acceptors (Lipinski definition) is 6. The maximum absolute atomic E-state index is 12.3. The number of benzene rings is 2. The third-order valence-electron chi connectivity index (χ3n) is 3.61. The van der Waals surface area contributed by atoms with Gasteiger partial charge in [-0.1, -0.05) is 47.6 Å². The number of aromatic nitrogens is 2. The van der Waals surface area contributed by atoms with Crippen LogP contribution in [0.5, 0.6) is 5.75 Å². The number of ether oxygens (including phenoxy) is 1. The van der Waals surface area contributed by atoms with Crippen molar-refractivity contribution in [3.63, 3.8) is 0 Å². The van der Waals surface area contributed by atoms with Gasteiger partial charge in [-0.2, -0.15) is 5.26 Å². The minimum Gasteiger partial charge on any atom is -0.423 e. The zero-order valence-corrected chi connectivity index (χ0v) is 15.6. The maximum atomic E-state index is 12.3. The Balaban J connectivity index is 1.99.